The predicted octanol–water partition coefficient (Wildman–Crippen LogP) is 2.37. The molecule has 6 heteroatoms. The summed E-state index contributed by atoms with van der Waals surface area (Å²) in [6.45, 7) is 5.44. The predicted molar refractivity (Wildman–Crippen MR) is 85.0 cm³/mol. The summed E-state index contributed by atoms with van der Waals surface area (Å²) >= 11 is 12.0. The summed E-state index contributed by atoms with van der Waals surface area (Å²) in [5.41, 5.74) is 1.14. The number of ether oxygens (including phenoxy) is 1. The maximum absolute atomic E-state index is 10.9. The normalized spacial score (nSPS) is 19.5. The van der Waals surface area contributed by atoms with Crippen LogP contribution in [0, 0.1) is 0 Å². The molecule has 0 bridgehead atoms. The summed E-state index contributed by atoms with van der Waals surface area (Å²) < 4.78 is 5.65. The zero-order chi connectivity index (χ0) is 15.2. The summed E-state index contributed by atoms with van der Waals surface area (Å²) in [6, 6.07) is 5.64. The molecule has 4 nitrogen and oxygen atoms in total. The van der Waals surface area contributed by atoms with Crippen LogP contribution in [-0.2, 0) is 16.0 Å². The number of morpholine rings is 1. The van der Waals surface area contributed by atoms with Crippen LogP contribution < -0.4 is 5.32 Å². The Morgan fingerprint density at radius 2 is 2.10 bits per heavy atom. The number of carbonyl (C=O) groups excluding carboxylic acids is 1. The van der Waals surface area contributed by atoms with Crippen molar-refractivity contribution < 1.29 is 9.53 Å². The van der Waals surface area contributed by atoms with E-state index in [2.05, 4.69) is 10.2 Å². The second-order valence-corrected chi connectivity index (χ2v) is 6.13. The fourth-order valence-electron chi connectivity index (χ4n) is 2.41. The number of benzene rings is 1. The first-order valence-electron chi connectivity index (χ1n) is 7.06. The molecule has 1 aromatic carbocycles. The SMILES string of the molecule is CC(=O)NC[C@@H]1CN(CCc2cc(Cl)cc(Cl)c2)CCO1. The fraction of sp³-hybridized carbons (Fsp3) is 0.533. The van der Waals surface area contributed by atoms with Gasteiger partial charge in [-0.2, -0.15) is 0 Å². The van der Waals surface area contributed by atoms with Gasteiger partial charge in [0, 0.05) is 43.1 Å². The van der Waals surface area contributed by atoms with Crippen molar-refractivity contribution in [1.29, 1.82) is 0 Å². The van der Waals surface area contributed by atoms with E-state index in [1.807, 2.05) is 12.1 Å². The monoisotopic (exact) mass is 330 g/mol. The Labute approximate surface area is 135 Å². The van der Waals surface area contributed by atoms with Gasteiger partial charge >= 0.3 is 0 Å². The Balaban J connectivity index is 1.81. The quantitative estimate of drug-likeness (QED) is 0.901. The third-order valence-corrected chi connectivity index (χ3v) is 3.88. The molecule has 1 aliphatic heterocycles. The van der Waals surface area contributed by atoms with Gasteiger partial charge in [0.15, 0.2) is 0 Å². The number of halogens is 2. The lowest BCUT2D eigenvalue weighted by atomic mass is 10.1. The number of nitrogens with one attached hydrogen (secondary N) is 1. The van der Waals surface area contributed by atoms with Crippen molar-refractivity contribution in [3.63, 3.8) is 0 Å². The van der Waals surface area contributed by atoms with Crippen LogP contribution in [0.5, 0.6) is 0 Å². The molecule has 1 atom stereocenters. The number of rotatable bonds is 5. The highest BCUT2D eigenvalue weighted by molar-refractivity contribution is 6.34. The maximum atomic E-state index is 10.9. The van der Waals surface area contributed by atoms with E-state index in [0.717, 1.165) is 31.6 Å². The highest BCUT2D eigenvalue weighted by Gasteiger charge is 2.20. The van der Waals surface area contributed by atoms with Gasteiger partial charge in [-0.3, -0.25) is 9.69 Å². The maximum Gasteiger partial charge on any atom is 0.216 e. The molecule has 1 amide bonds. The summed E-state index contributed by atoms with van der Waals surface area (Å²) in [7, 11) is 0. The number of nitrogens with zero attached hydrogens (tertiary/aromatic N) is 1. The van der Waals surface area contributed by atoms with Gasteiger partial charge in [-0.15, -0.1) is 0 Å². The molecule has 2 rings (SSSR count). The van der Waals surface area contributed by atoms with Crippen molar-refractivity contribution >= 4 is 29.1 Å². The lowest BCUT2D eigenvalue weighted by Crippen LogP contribution is -2.47. The summed E-state index contributed by atoms with van der Waals surface area (Å²) in [5.74, 6) is -0.0238. The van der Waals surface area contributed by atoms with Crippen LogP contribution in [0.1, 0.15) is 12.5 Å². The fourth-order valence-corrected chi connectivity index (χ4v) is 2.98. The molecule has 0 saturated carbocycles. The third kappa shape index (κ3) is 5.83. The van der Waals surface area contributed by atoms with Crippen molar-refractivity contribution in [2.75, 3.05) is 32.8 Å². The Hall–Kier alpha value is -0.810. The lowest BCUT2D eigenvalue weighted by molar-refractivity contribution is -0.120. The van der Waals surface area contributed by atoms with Crippen LogP contribution in [0.3, 0.4) is 0 Å². The summed E-state index contributed by atoms with van der Waals surface area (Å²) in [4.78, 5) is 13.3. The second-order valence-electron chi connectivity index (χ2n) is 5.26. The van der Waals surface area contributed by atoms with E-state index in [1.165, 1.54) is 6.92 Å². The Morgan fingerprint density at radius 1 is 1.38 bits per heavy atom. The van der Waals surface area contributed by atoms with E-state index in [-0.39, 0.29) is 12.0 Å². The molecule has 21 heavy (non-hydrogen) atoms. The third-order valence-electron chi connectivity index (χ3n) is 3.44. The molecule has 0 spiro atoms. The molecule has 1 N–H and O–H groups in total. The van der Waals surface area contributed by atoms with Crippen LogP contribution >= 0.6 is 23.2 Å². The van der Waals surface area contributed by atoms with Crippen LogP contribution in [0.25, 0.3) is 0 Å². The molecule has 1 fully saturated rings. The van der Waals surface area contributed by atoms with Crippen molar-refractivity contribution in [3.8, 4) is 0 Å². The van der Waals surface area contributed by atoms with Crippen LogP contribution in [-0.4, -0.2) is 49.7 Å². The number of amides is 1. The molecular weight excluding hydrogens is 311 g/mol. The number of hydrogen-bond acceptors (Lipinski definition) is 3. The minimum Gasteiger partial charge on any atom is -0.374 e. The van der Waals surface area contributed by atoms with E-state index >= 15 is 0 Å². The molecule has 1 saturated heterocycles. The topological polar surface area (TPSA) is 41.6 Å². The average molecular weight is 331 g/mol. The largest absolute Gasteiger partial charge is 0.374 e. The molecule has 0 radical (unpaired) electrons. The van der Waals surface area contributed by atoms with Crippen LogP contribution in [0.15, 0.2) is 18.2 Å². The van der Waals surface area contributed by atoms with E-state index in [9.17, 15) is 4.79 Å². The molecule has 0 aliphatic carbocycles. The highest BCUT2D eigenvalue weighted by Crippen LogP contribution is 2.19. The average Bonchev–Trinajstić information content (AvgIpc) is 2.42. The van der Waals surface area contributed by atoms with Crippen molar-refractivity contribution in [3.05, 3.63) is 33.8 Å². The standard InChI is InChI=1S/C15H20Cl2N2O2/c1-11(20)18-9-15-10-19(4-5-21-15)3-2-12-6-13(16)8-14(17)7-12/h6-8,15H,2-5,9-10H2,1H3,(H,18,20)/t15-/m1/s1. The van der Waals surface area contributed by atoms with E-state index in [4.69, 9.17) is 27.9 Å². The van der Waals surface area contributed by atoms with Crippen molar-refractivity contribution in [2.45, 2.75) is 19.4 Å². The van der Waals surface area contributed by atoms with Gasteiger partial charge in [-0.1, -0.05) is 23.2 Å². The van der Waals surface area contributed by atoms with Gasteiger partial charge in [-0.05, 0) is 30.2 Å². The van der Waals surface area contributed by atoms with Gasteiger partial charge in [0.25, 0.3) is 0 Å². The van der Waals surface area contributed by atoms with Gasteiger partial charge in [-0.25, -0.2) is 0 Å². The van der Waals surface area contributed by atoms with E-state index in [1.54, 1.807) is 6.07 Å². The second kappa shape index (κ2) is 7.99. The Bertz CT molecular complexity index is 476. The Kier molecular flexibility index (Phi) is 6.30. The van der Waals surface area contributed by atoms with Crippen molar-refractivity contribution in [1.82, 2.24) is 10.2 Å². The number of hydrogen-bond donors (Lipinski definition) is 1. The van der Waals surface area contributed by atoms with Crippen molar-refractivity contribution in [2.24, 2.45) is 0 Å². The summed E-state index contributed by atoms with van der Waals surface area (Å²) in [5, 5.41) is 4.14. The molecule has 116 valence electrons. The molecule has 1 aliphatic rings. The molecule has 0 unspecified atom stereocenters. The van der Waals surface area contributed by atoms with Gasteiger partial charge in [0.1, 0.15) is 0 Å². The van der Waals surface area contributed by atoms with E-state index in [0.29, 0.717) is 23.2 Å². The van der Waals surface area contributed by atoms with Gasteiger partial charge < -0.3 is 10.1 Å². The molecule has 1 aromatic rings. The first-order chi connectivity index (χ1) is 10.0. The van der Waals surface area contributed by atoms with Crippen LogP contribution in [0.4, 0.5) is 0 Å². The zero-order valence-corrected chi connectivity index (χ0v) is 13.6. The first kappa shape index (κ1) is 16.6. The minimum absolute atomic E-state index is 0.0238. The first-order valence-corrected chi connectivity index (χ1v) is 7.82. The smallest absolute Gasteiger partial charge is 0.216 e. The minimum atomic E-state index is -0.0238. The Morgan fingerprint density at radius 3 is 2.76 bits per heavy atom. The van der Waals surface area contributed by atoms with Crippen LogP contribution in [0.2, 0.25) is 10.0 Å². The summed E-state index contributed by atoms with van der Waals surface area (Å²) in [6.07, 6.45) is 0.957. The highest BCUT2D eigenvalue weighted by atomic mass is 35.5. The lowest BCUT2D eigenvalue weighted by Gasteiger charge is -2.33. The van der Waals surface area contributed by atoms with Gasteiger partial charge in [0.05, 0.1) is 12.7 Å². The molecule has 1 heterocycles. The zero-order valence-electron chi connectivity index (χ0n) is 12.1. The number of carbonyl (C=O) groups is 1. The van der Waals surface area contributed by atoms with E-state index < -0.39 is 0 Å². The van der Waals surface area contributed by atoms with Gasteiger partial charge in [0.2, 0.25) is 5.91 Å². The molecule has 0 aromatic heterocycles. The molecular formula is C15H20Cl2N2O2.